The predicted octanol–water partition coefficient (Wildman–Crippen LogP) is 1.82. The fourth-order valence-electron chi connectivity index (χ4n) is 3.47. The Morgan fingerprint density at radius 2 is 2.14 bits per heavy atom. The van der Waals surface area contributed by atoms with Gasteiger partial charge in [0, 0.05) is 38.9 Å². The summed E-state index contributed by atoms with van der Waals surface area (Å²) in [5, 5.41) is 3.56. The molecule has 0 spiro atoms. The van der Waals surface area contributed by atoms with Crippen molar-refractivity contribution >= 4 is 11.7 Å². The Kier molecular flexibility index (Phi) is 4.10. The van der Waals surface area contributed by atoms with E-state index >= 15 is 0 Å². The molecule has 1 amide bonds. The van der Waals surface area contributed by atoms with E-state index in [1.807, 2.05) is 12.1 Å². The summed E-state index contributed by atoms with van der Waals surface area (Å²) < 4.78 is 0. The van der Waals surface area contributed by atoms with Crippen LogP contribution in [0.25, 0.3) is 0 Å². The van der Waals surface area contributed by atoms with Crippen LogP contribution in [0.15, 0.2) is 18.3 Å². The van der Waals surface area contributed by atoms with Crippen LogP contribution in [0, 0.1) is 0 Å². The summed E-state index contributed by atoms with van der Waals surface area (Å²) in [6, 6.07) is 4.92. The van der Waals surface area contributed by atoms with Crippen molar-refractivity contribution in [2.75, 3.05) is 32.5 Å². The number of fused-ring (bicyclic) bond motifs is 1. The predicted molar refractivity (Wildman–Crippen MR) is 83.5 cm³/mol. The molecule has 2 unspecified atom stereocenters. The van der Waals surface area contributed by atoms with Crippen LogP contribution in [0.1, 0.15) is 36.0 Å². The number of carbonyl (C=O) groups is 1. The Bertz CT molecular complexity index is 500. The first kappa shape index (κ1) is 14.3. The highest BCUT2D eigenvalue weighted by atomic mass is 16.2. The molecule has 21 heavy (non-hydrogen) atoms. The Morgan fingerprint density at radius 1 is 1.29 bits per heavy atom. The van der Waals surface area contributed by atoms with Gasteiger partial charge >= 0.3 is 0 Å². The number of carbonyl (C=O) groups excluding carboxylic acids is 1. The first-order valence-corrected chi connectivity index (χ1v) is 7.83. The number of rotatable bonds is 3. The lowest BCUT2D eigenvalue weighted by Crippen LogP contribution is -2.41. The minimum Gasteiger partial charge on any atom is -0.366 e. The summed E-state index contributed by atoms with van der Waals surface area (Å²) in [5.41, 5.74) is 0.635. The van der Waals surface area contributed by atoms with Crippen LogP contribution in [0.5, 0.6) is 0 Å². The quantitative estimate of drug-likeness (QED) is 0.922. The van der Waals surface area contributed by atoms with Gasteiger partial charge in [0.25, 0.3) is 5.91 Å². The standard InChI is InChI=1S/C16H24N4O/c1-19(2)16(21)12-6-7-15(17-11-12)18-13-8-10-20-9-4-3-5-14(13)20/h6-7,11,13-14H,3-5,8-10H2,1-2H3,(H,17,18). The molecule has 0 saturated carbocycles. The minimum absolute atomic E-state index is 0.00614. The summed E-state index contributed by atoms with van der Waals surface area (Å²) in [7, 11) is 3.51. The number of aromatic nitrogens is 1. The van der Waals surface area contributed by atoms with Crippen molar-refractivity contribution in [3.8, 4) is 0 Å². The minimum atomic E-state index is -0.00614. The third kappa shape index (κ3) is 3.02. The summed E-state index contributed by atoms with van der Waals surface area (Å²) in [5.74, 6) is 0.871. The van der Waals surface area contributed by atoms with Crippen LogP contribution in [-0.4, -0.2) is 60.0 Å². The van der Waals surface area contributed by atoms with Crippen molar-refractivity contribution in [2.24, 2.45) is 0 Å². The molecule has 2 fully saturated rings. The van der Waals surface area contributed by atoms with E-state index in [-0.39, 0.29) is 5.91 Å². The number of amides is 1. The van der Waals surface area contributed by atoms with Gasteiger partial charge in [0.05, 0.1) is 5.56 Å². The van der Waals surface area contributed by atoms with E-state index in [0.717, 1.165) is 5.82 Å². The number of pyridine rings is 1. The van der Waals surface area contributed by atoms with Gasteiger partial charge in [0.15, 0.2) is 0 Å². The number of piperidine rings is 1. The van der Waals surface area contributed by atoms with E-state index < -0.39 is 0 Å². The van der Waals surface area contributed by atoms with E-state index in [9.17, 15) is 4.79 Å². The zero-order valence-electron chi connectivity index (χ0n) is 12.9. The molecule has 1 aromatic rings. The highest BCUT2D eigenvalue weighted by molar-refractivity contribution is 5.93. The van der Waals surface area contributed by atoms with E-state index in [0.29, 0.717) is 17.6 Å². The van der Waals surface area contributed by atoms with Crippen molar-refractivity contribution < 1.29 is 4.79 Å². The van der Waals surface area contributed by atoms with Crippen LogP contribution in [-0.2, 0) is 0 Å². The average Bonchev–Trinajstić information content (AvgIpc) is 2.91. The molecule has 0 radical (unpaired) electrons. The highest BCUT2D eigenvalue weighted by Gasteiger charge is 2.35. The second-order valence-electron chi connectivity index (χ2n) is 6.27. The molecule has 2 aliphatic rings. The number of hydrogen-bond acceptors (Lipinski definition) is 4. The fraction of sp³-hybridized carbons (Fsp3) is 0.625. The van der Waals surface area contributed by atoms with Crippen molar-refractivity contribution in [3.63, 3.8) is 0 Å². The molecular weight excluding hydrogens is 264 g/mol. The molecule has 5 nitrogen and oxygen atoms in total. The molecule has 114 valence electrons. The Hall–Kier alpha value is -1.62. The van der Waals surface area contributed by atoms with Gasteiger partial charge < -0.3 is 10.2 Å². The molecule has 2 aliphatic heterocycles. The number of hydrogen-bond donors (Lipinski definition) is 1. The average molecular weight is 288 g/mol. The molecule has 5 heteroatoms. The number of anilines is 1. The Balaban J connectivity index is 1.64. The second-order valence-corrected chi connectivity index (χ2v) is 6.27. The van der Waals surface area contributed by atoms with Crippen LogP contribution >= 0.6 is 0 Å². The van der Waals surface area contributed by atoms with Crippen LogP contribution in [0.3, 0.4) is 0 Å². The summed E-state index contributed by atoms with van der Waals surface area (Å²) in [6.45, 7) is 2.44. The van der Waals surface area contributed by atoms with Gasteiger partial charge in [-0.05, 0) is 37.9 Å². The first-order valence-electron chi connectivity index (χ1n) is 7.83. The molecule has 2 atom stereocenters. The van der Waals surface area contributed by atoms with E-state index in [1.54, 1.807) is 25.2 Å². The third-order valence-corrected chi connectivity index (χ3v) is 4.61. The van der Waals surface area contributed by atoms with Crippen LogP contribution in [0.4, 0.5) is 5.82 Å². The van der Waals surface area contributed by atoms with Crippen molar-refractivity contribution in [1.82, 2.24) is 14.8 Å². The van der Waals surface area contributed by atoms with Crippen LogP contribution in [0.2, 0.25) is 0 Å². The van der Waals surface area contributed by atoms with Gasteiger partial charge in [-0.25, -0.2) is 4.98 Å². The maximum atomic E-state index is 11.8. The molecule has 3 rings (SSSR count). The lowest BCUT2D eigenvalue weighted by atomic mass is 9.99. The van der Waals surface area contributed by atoms with Crippen LogP contribution < -0.4 is 5.32 Å². The molecule has 0 bridgehead atoms. The van der Waals surface area contributed by atoms with Crippen molar-refractivity contribution in [1.29, 1.82) is 0 Å². The lowest BCUT2D eigenvalue weighted by molar-refractivity contribution is 0.0827. The van der Waals surface area contributed by atoms with Gasteiger partial charge in [-0.2, -0.15) is 0 Å². The van der Waals surface area contributed by atoms with E-state index in [1.165, 1.54) is 38.8 Å². The molecule has 2 saturated heterocycles. The molecular formula is C16H24N4O. The largest absolute Gasteiger partial charge is 0.366 e. The third-order valence-electron chi connectivity index (χ3n) is 4.61. The van der Waals surface area contributed by atoms with Crippen molar-refractivity contribution in [3.05, 3.63) is 23.9 Å². The Labute approximate surface area is 126 Å². The topological polar surface area (TPSA) is 48.5 Å². The molecule has 3 heterocycles. The maximum absolute atomic E-state index is 11.8. The van der Waals surface area contributed by atoms with Gasteiger partial charge in [-0.1, -0.05) is 6.42 Å². The summed E-state index contributed by atoms with van der Waals surface area (Å²) in [6.07, 6.45) is 6.81. The zero-order chi connectivity index (χ0) is 14.8. The monoisotopic (exact) mass is 288 g/mol. The number of nitrogens with one attached hydrogen (secondary N) is 1. The summed E-state index contributed by atoms with van der Waals surface area (Å²) in [4.78, 5) is 20.4. The number of nitrogens with zero attached hydrogens (tertiary/aromatic N) is 3. The normalized spacial score (nSPS) is 25.4. The fourth-order valence-corrected chi connectivity index (χ4v) is 3.47. The van der Waals surface area contributed by atoms with Crippen molar-refractivity contribution in [2.45, 2.75) is 37.8 Å². The summed E-state index contributed by atoms with van der Waals surface area (Å²) >= 11 is 0. The first-order chi connectivity index (χ1) is 10.1. The van der Waals surface area contributed by atoms with E-state index in [4.69, 9.17) is 0 Å². The highest BCUT2D eigenvalue weighted by Crippen LogP contribution is 2.28. The smallest absolute Gasteiger partial charge is 0.254 e. The second kappa shape index (κ2) is 6.02. The molecule has 1 N–H and O–H groups in total. The van der Waals surface area contributed by atoms with Gasteiger partial charge in [-0.3, -0.25) is 9.69 Å². The molecule has 0 aromatic carbocycles. The van der Waals surface area contributed by atoms with Gasteiger partial charge in [0.1, 0.15) is 5.82 Å². The lowest BCUT2D eigenvalue weighted by Gasteiger charge is -2.32. The SMILES string of the molecule is CN(C)C(=O)c1ccc(NC2CCN3CCCCC23)nc1. The van der Waals surface area contributed by atoms with Gasteiger partial charge in [-0.15, -0.1) is 0 Å². The molecule has 1 aromatic heterocycles. The maximum Gasteiger partial charge on any atom is 0.254 e. The zero-order valence-corrected chi connectivity index (χ0v) is 12.9. The molecule has 0 aliphatic carbocycles. The van der Waals surface area contributed by atoms with E-state index in [2.05, 4.69) is 15.2 Å². The van der Waals surface area contributed by atoms with Gasteiger partial charge in [0.2, 0.25) is 0 Å². The Morgan fingerprint density at radius 3 is 2.86 bits per heavy atom.